The fraction of sp³-hybridized carbons (Fsp3) is 0.786. The van der Waals surface area contributed by atoms with Crippen molar-refractivity contribution < 1.29 is 0 Å². The minimum Gasteiger partial charge on any atom is -0.330 e. The first-order valence-corrected chi connectivity index (χ1v) is 7.83. The molecule has 1 aromatic heterocycles. The van der Waals surface area contributed by atoms with Gasteiger partial charge in [-0.05, 0) is 52.1 Å². The Morgan fingerprint density at radius 2 is 2.22 bits per heavy atom. The smallest absolute Gasteiger partial charge is 0.112 e. The zero-order valence-corrected chi connectivity index (χ0v) is 12.7. The summed E-state index contributed by atoms with van der Waals surface area (Å²) in [4.78, 5) is 4.39. The van der Waals surface area contributed by atoms with E-state index < -0.39 is 0 Å². The predicted octanol–water partition coefficient (Wildman–Crippen LogP) is 3.12. The lowest BCUT2D eigenvalue weighted by Crippen LogP contribution is -2.37. The highest BCUT2D eigenvalue weighted by Crippen LogP contribution is 2.22. The van der Waals surface area contributed by atoms with Gasteiger partial charge in [-0.3, -0.25) is 0 Å². The number of thiazole rings is 1. The van der Waals surface area contributed by atoms with Crippen LogP contribution in [0.3, 0.4) is 0 Å². The fourth-order valence-corrected chi connectivity index (χ4v) is 2.93. The van der Waals surface area contributed by atoms with Crippen LogP contribution in [0.1, 0.15) is 51.5 Å². The Kier molecular flexibility index (Phi) is 6.82. The van der Waals surface area contributed by atoms with Crippen molar-refractivity contribution in [3.05, 3.63) is 16.6 Å². The molecular weight excluding hydrogens is 242 g/mol. The van der Waals surface area contributed by atoms with Crippen LogP contribution in [0.25, 0.3) is 0 Å². The van der Waals surface area contributed by atoms with Gasteiger partial charge in [0.25, 0.3) is 0 Å². The first-order valence-electron chi connectivity index (χ1n) is 6.95. The van der Waals surface area contributed by atoms with Crippen molar-refractivity contribution in [3.63, 3.8) is 0 Å². The Morgan fingerprint density at radius 1 is 1.44 bits per heavy atom. The number of hydrogen-bond donors (Lipinski definition) is 2. The summed E-state index contributed by atoms with van der Waals surface area (Å²) in [5.74, 6) is 0.791. The molecule has 0 saturated carbocycles. The molecular formula is C14H27N3S. The van der Waals surface area contributed by atoms with Crippen LogP contribution in [0.2, 0.25) is 0 Å². The lowest BCUT2D eigenvalue weighted by atomic mass is 9.96. The van der Waals surface area contributed by atoms with Gasteiger partial charge in [0.1, 0.15) is 5.01 Å². The average Bonchev–Trinajstić information content (AvgIpc) is 2.87. The van der Waals surface area contributed by atoms with Crippen LogP contribution in [-0.4, -0.2) is 18.1 Å². The van der Waals surface area contributed by atoms with Crippen molar-refractivity contribution in [2.75, 3.05) is 13.1 Å². The molecule has 0 aromatic carbocycles. The van der Waals surface area contributed by atoms with Crippen LogP contribution >= 0.6 is 11.3 Å². The highest BCUT2D eigenvalue weighted by Gasteiger charge is 2.21. The van der Waals surface area contributed by atoms with E-state index in [-0.39, 0.29) is 5.54 Å². The molecule has 1 heterocycles. The maximum Gasteiger partial charge on any atom is 0.112 e. The summed E-state index contributed by atoms with van der Waals surface area (Å²) in [6, 6.07) is 0. The second kappa shape index (κ2) is 7.87. The van der Waals surface area contributed by atoms with Crippen LogP contribution in [0.4, 0.5) is 0 Å². The molecule has 0 aliphatic carbocycles. The first-order chi connectivity index (χ1) is 8.60. The largest absolute Gasteiger partial charge is 0.330 e. The Morgan fingerprint density at radius 3 is 2.78 bits per heavy atom. The van der Waals surface area contributed by atoms with E-state index in [2.05, 4.69) is 31.1 Å². The number of hydrogen-bond acceptors (Lipinski definition) is 4. The zero-order valence-electron chi connectivity index (χ0n) is 11.9. The predicted molar refractivity (Wildman–Crippen MR) is 79.8 cm³/mol. The van der Waals surface area contributed by atoms with E-state index in [0.29, 0.717) is 0 Å². The number of nitrogens with one attached hydrogen (secondary N) is 1. The van der Waals surface area contributed by atoms with E-state index in [9.17, 15) is 0 Å². The summed E-state index contributed by atoms with van der Waals surface area (Å²) in [5.41, 5.74) is 5.61. The molecule has 0 amide bonds. The molecule has 0 bridgehead atoms. The van der Waals surface area contributed by atoms with Crippen LogP contribution in [0, 0.1) is 5.92 Å². The standard InChI is InChI=1S/C14H27N3S/c1-4-12(7-8-15)6-5-9-17-14(2,3)13-16-10-11-18-13/h10-12,17H,4-9,15H2,1-3H3. The summed E-state index contributed by atoms with van der Waals surface area (Å²) in [7, 11) is 0. The minimum absolute atomic E-state index is 0.0102. The summed E-state index contributed by atoms with van der Waals surface area (Å²) in [6.45, 7) is 8.52. The Labute approximate surface area is 115 Å². The number of rotatable bonds is 9. The van der Waals surface area contributed by atoms with Crippen LogP contribution < -0.4 is 11.1 Å². The average molecular weight is 269 g/mol. The van der Waals surface area contributed by atoms with E-state index in [1.807, 2.05) is 11.6 Å². The van der Waals surface area contributed by atoms with Gasteiger partial charge in [-0.1, -0.05) is 13.3 Å². The Hall–Kier alpha value is -0.450. The van der Waals surface area contributed by atoms with Gasteiger partial charge in [-0.25, -0.2) is 4.98 Å². The third-order valence-corrected chi connectivity index (χ3v) is 4.57. The molecule has 0 saturated heterocycles. The van der Waals surface area contributed by atoms with E-state index in [1.165, 1.54) is 19.3 Å². The van der Waals surface area contributed by atoms with Gasteiger partial charge >= 0.3 is 0 Å². The molecule has 1 atom stereocenters. The highest BCUT2D eigenvalue weighted by atomic mass is 32.1. The lowest BCUT2D eigenvalue weighted by Gasteiger charge is -2.24. The third kappa shape index (κ3) is 5.04. The molecule has 1 rings (SSSR count). The molecule has 104 valence electrons. The van der Waals surface area contributed by atoms with Gasteiger partial charge in [0.2, 0.25) is 0 Å². The van der Waals surface area contributed by atoms with Gasteiger partial charge in [-0.15, -0.1) is 11.3 Å². The maximum absolute atomic E-state index is 5.62. The van der Waals surface area contributed by atoms with Crippen molar-refractivity contribution >= 4 is 11.3 Å². The summed E-state index contributed by atoms with van der Waals surface area (Å²) in [6.07, 6.45) is 6.76. The van der Waals surface area contributed by atoms with Crippen molar-refractivity contribution in [1.82, 2.24) is 10.3 Å². The second-order valence-electron chi connectivity index (χ2n) is 5.38. The third-order valence-electron chi connectivity index (χ3n) is 3.48. The molecule has 3 nitrogen and oxygen atoms in total. The van der Waals surface area contributed by atoms with E-state index in [4.69, 9.17) is 5.73 Å². The van der Waals surface area contributed by atoms with E-state index >= 15 is 0 Å². The van der Waals surface area contributed by atoms with Crippen molar-refractivity contribution in [3.8, 4) is 0 Å². The normalized spacial score (nSPS) is 13.8. The van der Waals surface area contributed by atoms with E-state index in [1.54, 1.807) is 11.3 Å². The molecule has 0 aliphatic rings. The van der Waals surface area contributed by atoms with Gasteiger partial charge in [0.05, 0.1) is 5.54 Å². The lowest BCUT2D eigenvalue weighted by molar-refractivity contribution is 0.368. The van der Waals surface area contributed by atoms with Gasteiger partial charge in [-0.2, -0.15) is 0 Å². The van der Waals surface area contributed by atoms with Crippen molar-refractivity contribution in [2.24, 2.45) is 11.7 Å². The molecule has 0 aliphatic heterocycles. The first kappa shape index (κ1) is 15.6. The maximum atomic E-state index is 5.62. The van der Waals surface area contributed by atoms with Crippen LogP contribution in [-0.2, 0) is 5.54 Å². The molecule has 4 heteroatoms. The Bertz CT molecular complexity index is 309. The molecule has 3 N–H and O–H groups in total. The SMILES string of the molecule is CCC(CCN)CCCNC(C)(C)c1nccs1. The van der Waals surface area contributed by atoms with Crippen LogP contribution in [0.15, 0.2) is 11.6 Å². The van der Waals surface area contributed by atoms with E-state index in [0.717, 1.165) is 30.4 Å². The number of nitrogens with zero attached hydrogens (tertiary/aromatic N) is 1. The molecule has 18 heavy (non-hydrogen) atoms. The molecule has 0 fully saturated rings. The quantitative estimate of drug-likeness (QED) is 0.677. The summed E-state index contributed by atoms with van der Waals surface area (Å²) >= 11 is 1.72. The zero-order chi connectivity index (χ0) is 13.4. The second-order valence-corrected chi connectivity index (χ2v) is 6.28. The number of nitrogens with two attached hydrogens (primary N) is 1. The topological polar surface area (TPSA) is 50.9 Å². The van der Waals surface area contributed by atoms with Gasteiger partial charge < -0.3 is 11.1 Å². The highest BCUT2D eigenvalue weighted by molar-refractivity contribution is 7.09. The molecule has 0 radical (unpaired) electrons. The van der Waals surface area contributed by atoms with Crippen LogP contribution in [0.5, 0.6) is 0 Å². The molecule has 0 spiro atoms. The molecule has 1 aromatic rings. The van der Waals surface area contributed by atoms with Gasteiger partial charge in [0, 0.05) is 11.6 Å². The minimum atomic E-state index is -0.0102. The fourth-order valence-electron chi connectivity index (χ4n) is 2.19. The van der Waals surface area contributed by atoms with Gasteiger partial charge in [0.15, 0.2) is 0 Å². The van der Waals surface area contributed by atoms with Crippen molar-refractivity contribution in [1.29, 1.82) is 0 Å². The monoisotopic (exact) mass is 269 g/mol. The Balaban J connectivity index is 2.25. The van der Waals surface area contributed by atoms with Crippen molar-refractivity contribution in [2.45, 2.75) is 52.0 Å². The summed E-state index contributed by atoms with van der Waals surface area (Å²) < 4.78 is 0. The molecule has 1 unspecified atom stereocenters. The number of aromatic nitrogens is 1. The summed E-state index contributed by atoms with van der Waals surface area (Å²) in [5, 5.41) is 6.80.